The number of sulfonamides is 1. The van der Waals surface area contributed by atoms with Gasteiger partial charge in [0.05, 0.1) is 10.9 Å². The summed E-state index contributed by atoms with van der Waals surface area (Å²) in [4.78, 5) is 29.1. The summed E-state index contributed by atoms with van der Waals surface area (Å²) in [5.74, 6) is -0.434. The largest absolute Gasteiger partial charge is 0.324 e. The van der Waals surface area contributed by atoms with E-state index in [-0.39, 0.29) is 10.9 Å². The second-order valence-electron chi connectivity index (χ2n) is 8.75. The first kappa shape index (κ1) is 23.3. The topological polar surface area (TPSA) is 98.8 Å². The van der Waals surface area contributed by atoms with E-state index in [1.807, 2.05) is 30.9 Å². The first-order valence-corrected chi connectivity index (χ1v) is 12.7. The Hall–Kier alpha value is -2.91. The van der Waals surface area contributed by atoms with E-state index in [2.05, 4.69) is 10.0 Å². The van der Waals surface area contributed by atoms with Gasteiger partial charge in [-0.15, -0.1) is 0 Å². The number of anilines is 2. The molecular formula is C24H30N4O4S. The van der Waals surface area contributed by atoms with Gasteiger partial charge in [-0.1, -0.05) is 12.1 Å². The molecule has 1 atom stereocenters. The summed E-state index contributed by atoms with van der Waals surface area (Å²) in [6, 6.07) is 9.38. The van der Waals surface area contributed by atoms with Crippen LogP contribution in [0, 0.1) is 13.8 Å². The molecule has 4 rings (SSSR count). The van der Waals surface area contributed by atoms with Crippen LogP contribution in [-0.4, -0.2) is 50.9 Å². The van der Waals surface area contributed by atoms with Crippen LogP contribution in [0.5, 0.6) is 0 Å². The Balaban J connectivity index is 1.46. The van der Waals surface area contributed by atoms with Gasteiger partial charge in [0.2, 0.25) is 15.9 Å². The number of nitrogens with one attached hydrogen (secondary N) is 2. The van der Waals surface area contributed by atoms with Gasteiger partial charge in [-0.3, -0.25) is 9.69 Å². The molecule has 0 spiro atoms. The van der Waals surface area contributed by atoms with Crippen molar-refractivity contribution in [3.8, 4) is 0 Å². The number of hydrogen-bond acceptors (Lipinski definition) is 4. The monoisotopic (exact) mass is 470 g/mol. The highest BCUT2D eigenvalue weighted by Gasteiger charge is 2.31. The van der Waals surface area contributed by atoms with Crippen LogP contribution >= 0.6 is 0 Å². The van der Waals surface area contributed by atoms with Crippen LogP contribution in [0.4, 0.5) is 16.2 Å². The van der Waals surface area contributed by atoms with Crippen molar-refractivity contribution in [2.45, 2.75) is 51.0 Å². The fourth-order valence-corrected chi connectivity index (χ4v) is 5.56. The van der Waals surface area contributed by atoms with Gasteiger partial charge >= 0.3 is 6.03 Å². The zero-order chi connectivity index (χ0) is 23.8. The Kier molecular flexibility index (Phi) is 6.45. The van der Waals surface area contributed by atoms with Crippen molar-refractivity contribution in [2.75, 3.05) is 29.9 Å². The van der Waals surface area contributed by atoms with Crippen molar-refractivity contribution >= 4 is 33.3 Å². The van der Waals surface area contributed by atoms with Gasteiger partial charge in [0.1, 0.15) is 0 Å². The van der Waals surface area contributed by atoms with Crippen LogP contribution in [0.3, 0.4) is 0 Å². The normalized spacial score (nSPS) is 16.6. The standard InChI is InChI=1S/C24H30N4O4S/c1-16-7-6-8-21(17(16)2)25-23(29)18(3)26-33(31,32)20-9-10-22-19(15-20)11-14-28(22)24(30)27-12-4-5-13-27/h6-10,15,18,26H,4-5,11-14H2,1-3H3,(H,25,29)/t18-/m1/s1. The number of urea groups is 1. The first-order chi connectivity index (χ1) is 15.7. The number of rotatable bonds is 5. The lowest BCUT2D eigenvalue weighted by atomic mass is 10.1. The van der Waals surface area contributed by atoms with Crippen molar-refractivity contribution in [3.63, 3.8) is 0 Å². The van der Waals surface area contributed by atoms with Crippen LogP contribution in [0.25, 0.3) is 0 Å². The second kappa shape index (κ2) is 9.15. The Labute approximate surface area is 195 Å². The van der Waals surface area contributed by atoms with E-state index in [9.17, 15) is 18.0 Å². The average Bonchev–Trinajstić information content (AvgIpc) is 3.46. The number of amides is 3. The molecule has 0 unspecified atom stereocenters. The molecule has 2 N–H and O–H groups in total. The molecule has 0 saturated carbocycles. The summed E-state index contributed by atoms with van der Waals surface area (Å²) in [6.07, 6.45) is 2.63. The molecule has 0 radical (unpaired) electrons. The van der Waals surface area contributed by atoms with Crippen LogP contribution < -0.4 is 14.9 Å². The fourth-order valence-electron chi connectivity index (χ4n) is 4.30. The second-order valence-corrected chi connectivity index (χ2v) is 10.5. The zero-order valence-corrected chi connectivity index (χ0v) is 20.0. The molecule has 2 aliphatic heterocycles. The minimum atomic E-state index is -3.91. The lowest BCUT2D eigenvalue weighted by Gasteiger charge is -2.24. The Morgan fingerprint density at radius 3 is 2.48 bits per heavy atom. The summed E-state index contributed by atoms with van der Waals surface area (Å²) in [6.45, 7) is 7.44. The minimum Gasteiger partial charge on any atom is -0.324 e. The molecule has 8 nitrogen and oxygen atoms in total. The van der Waals surface area contributed by atoms with Crippen LogP contribution in [0.2, 0.25) is 0 Å². The summed E-state index contributed by atoms with van der Waals surface area (Å²) in [7, 11) is -3.91. The third-order valence-electron chi connectivity index (χ3n) is 6.45. The van der Waals surface area contributed by atoms with Gasteiger partial charge in [-0.05, 0) is 81.0 Å². The quantitative estimate of drug-likeness (QED) is 0.701. The SMILES string of the molecule is Cc1cccc(NC(=O)[C@@H](C)NS(=O)(=O)c2ccc3c(c2)CCN3C(=O)N2CCCC2)c1C. The molecule has 2 heterocycles. The molecule has 1 saturated heterocycles. The van der Waals surface area contributed by atoms with E-state index < -0.39 is 22.0 Å². The third kappa shape index (κ3) is 4.74. The Bertz CT molecular complexity index is 1190. The molecule has 2 aromatic rings. The summed E-state index contributed by atoms with van der Waals surface area (Å²) in [5, 5.41) is 2.80. The van der Waals surface area contributed by atoms with Crippen molar-refractivity contribution in [1.82, 2.24) is 9.62 Å². The molecule has 9 heteroatoms. The number of benzene rings is 2. The van der Waals surface area contributed by atoms with Crippen molar-refractivity contribution in [3.05, 3.63) is 53.1 Å². The Morgan fingerprint density at radius 1 is 1.03 bits per heavy atom. The molecule has 176 valence electrons. The zero-order valence-electron chi connectivity index (χ0n) is 19.2. The van der Waals surface area contributed by atoms with Gasteiger partial charge in [-0.25, -0.2) is 13.2 Å². The van der Waals surface area contributed by atoms with E-state index in [1.165, 1.54) is 13.0 Å². The number of carbonyl (C=O) groups is 2. The maximum absolute atomic E-state index is 13.0. The number of likely N-dealkylation sites (tertiary alicyclic amines) is 1. The van der Waals surface area contributed by atoms with Crippen LogP contribution in [0.1, 0.15) is 36.5 Å². The highest BCUT2D eigenvalue weighted by atomic mass is 32.2. The predicted octanol–water partition coefficient (Wildman–Crippen LogP) is 3.19. The lowest BCUT2D eigenvalue weighted by molar-refractivity contribution is -0.117. The summed E-state index contributed by atoms with van der Waals surface area (Å²) < 4.78 is 28.4. The average molecular weight is 471 g/mol. The number of fused-ring (bicyclic) bond motifs is 1. The molecule has 3 amide bonds. The fraction of sp³-hybridized carbons (Fsp3) is 0.417. The molecule has 0 aromatic heterocycles. The van der Waals surface area contributed by atoms with Crippen LogP contribution in [-0.2, 0) is 21.2 Å². The maximum Gasteiger partial charge on any atom is 0.324 e. The first-order valence-electron chi connectivity index (χ1n) is 11.3. The smallest absolute Gasteiger partial charge is 0.324 e. The lowest BCUT2D eigenvalue weighted by Crippen LogP contribution is -2.41. The molecule has 2 aromatic carbocycles. The third-order valence-corrected chi connectivity index (χ3v) is 7.99. The molecule has 2 aliphatic rings. The van der Waals surface area contributed by atoms with Gasteiger partial charge in [0.25, 0.3) is 0 Å². The minimum absolute atomic E-state index is 0.0169. The highest BCUT2D eigenvalue weighted by Crippen LogP contribution is 2.31. The van der Waals surface area contributed by atoms with Crippen molar-refractivity contribution in [1.29, 1.82) is 0 Å². The molecule has 0 aliphatic carbocycles. The van der Waals surface area contributed by atoms with Crippen LogP contribution in [0.15, 0.2) is 41.3 Å². The van der Waals surface area contributed by atoms with E-state index in [0.29, 0.717) is 18.7 Å². The number of carbonyl (C=O) groups excluding carboxylic acids is 2. The number of aryl methyl sites for hydroxylation is 1. The summed E-state index contributed by atoms with van der Waals surface area (Å²) in [5.41, 5.74) is 4.21. The highest BCUT2D eigenvalue weighted by molar-refractivity contribution is 7.89. The van der Waals surface area contributed by atoms with E-state index in [0.717, 1.165) is 48.3 Å². The maximum atomic E-state index is 13.0. The molecular weight excluding hydrogens is 440 g/mol. The molecule has 0 bridgehead atoms. The van der Waals surface area contributed by atoms with Crippen molar-refractivity contribution < 1.29 is 18.0 Å². The Morgan fingerprint density at radius 2 is 1.76 bits per heavy atom. The molecule has 33 heavy (non-hydrogen) atoms. The number of nitrogens with zero attached hydrogens (tertiary/aromatic N) is 2. The van der Waals surface area contributed by atoms with E-state index in [1.54, 1.807) is 23.1 Å². The van der Waals surface area contributed by atoms with E-state index in [4.69, 9.17) is 0 Å². The van der Waals surface area contributed by atoms with E-state index >= 15 is 0 Å². The summed E-state index contributed by atoms with van der Waals surface area (Å²) >= 11 is 0. The molecule has 1 fully saturated rings. The predicted molar refractivity (Wildman–Crippen MR) is 128 cm³/mol. The van der Waals surface area contributed by atoms with Gasteiger partial charge < -0.3 is 10.2 Å². The number of hydrogen-bond donors (Lipinski definition) is 2. The van der Waals surface area contributed by atoms with Crippen molar-refractivity contribution in [2.24, 2.45) is 0 Å². The van der Waals surface area contributed by atoms with Gasteiger partial charge in [0, 0.05) is 31.0 Å². The van der Waals surface area contributed by atoms with Gasteiger partial charge in [0.15, 0.2) is 0 Å². The van der Waals surface area contributed by atoms with Gasteiger partial charge in [-0.2, -0.15) is 4.72 Å².